The second kappa shape index (κ2) is 6.31. The van der Waals surface area contributed by atoms with Crippen LogP contribution in [0, 0.1) is 10.7 Å². The molecule has 0 fully saturated rings. The number of carbonyl (C=O) groups excluding carboxylic acids is 1. The average Bonchev–Trinajstić information content (AvgIpc) is 2.25. The maximum absolute atomic E-state index is 11.5. The zero-order chi connectivity index (χ0) is 13.6. The molecule has 0 atom stereocenters. The topological polar surface area (TPSA) is 62.1 Å². The summed E-state index contributed by atoms with van der Waals surface area (Å²) in [5.74, 6) is 0. The van der Waals surface area contributed by atoms with E-state index in [1.807, 2.05) is 50.4 Å². The third kappa shape index (κ3) is 5.60. The van der Waals surface area contributed by atoms with Crippen molar-refractivity contribution in [2.75, 3.05) is 0 Å². The van der Waals surface area contributed by atoms with Crippen LogP contribution in [0.15, 0.2) is 29.2 Å². The maximum atomic E-state index is 11.5. The summed E-state index contributed by atoms with van der Waals surface area (Å²) in [6, 6.07) is 7.46. The molecule has 0 aliphatic heterocycles. The Hall–Kier alpha value is -1.67. The lowest BCUT2D eigenvalue weighted by Crippen LogP contribution is -2.32. The highest BCUT2D eigenvalue weighted by molar-refractivity contribution is 8.03. The fraction of sp³-hybridized carbons (Fsp3) is 0.385. The van der Waals surface area contributed by atoms with Crippen LogP contribution in [0.25, 0.3) is 0 Å². The number of amides is 1. The summed E-state index contributed by atoms with van der Waals surface area (Å²) >= 11 is 1.10. The van der Waals surface area contributed by atoms with Gasteiger partial charge in [0.1, 0.15) is 11.0 Å². The smallest absolute Gasteiger partial charge is 0.407 e. The van der Waals surface area contributed by atoms with Crippen molar-refractivity contribution in [1.82, 2.24) is 5.32 Å². The molecule has 1 amide bonds. The van der Waals surface area contributed by atoms with Gasteiger partial charge < -0.3 is 10.1 Å². The molecule has 0 aromatic heterocycles. The molecular weight excluding hydrogens is 248 g/mol. The van der Waals surface area contributed by atoms with Crippen LogP contribution in [-0.2, 0) is 11.3 Å². The number of ether oxygens (including phenoxy) is 1. The number of rotatable bonds is 3. The van der Waals surface area contributed by atoms with Gasteiger partial charge in [-0.1, -0.05) is 12.1 Å². The monoisotopic (exact) mass is 264 g/mol. The molecule has 0 saturated carbocycles. The SMILES string of the molecule is CC(C)(C)OC(=O)NCc1cccc(SC#N)c1. The van der Waals surface area contributed by atoms with Crippen LogP contribution in [0.1, 0.15) is 26.3 Å². The van der Waals surface area contributed by atoms with Crippen molar-refractivity contribution >= 4 is 17.9 Å². The first-order valence-electron chi connectivity index (χ1n) is 5.52. The van der Waals surface area contributed by atoms with Gasteiger partial charge in [0.25, 0.3) is 0 Å². The Morgan fingerprint density at radius 1 is 1.50 bits per heavy atom. The Balaban J connectivity index is 2.51. The molecule has 0 aliphatic rings. The van der Waals surface area contributed by atoms with Crippen LogP contribution in [0.4, 0.5) is 4.79 Å². The minimum atomic E-state index is -0.497. The Morgan fingerprint density at radius 2 is 2.22 bits per heavy atom. The van der Waals surface area contributed by atoms with Crippen LogP contribution in [-0.4, -0.2) is 11.7 Å². The van der Waals surface area contributed by atoms with Gasteiger partial charge in [-0.25, -0.2) is 4.79 Å². The number of nitrogens with one attached hydrogen (secondary N) is 1. The third-order valence-electron chi connectivity index (χ3n) is 1.90. The van der Waals surface area contributed by atoms with Gasteiger partial charge in [-0.05, 0) is 50.2 Å². The van der Waals surface area contributed by atoms with Gasteiger partial charge in [-0.15, -0.1) is 0 Å². The van der Waals surface area contributed by atoms with E-state index in [9.17, 15) is 4.79 Å². The molecule has 1 aromatic rings. The lowest BCUT2D eigenvalue weighted by Gasteiger charge is -2.19. The van der Waals surface area contributed by atoms with E-state index in [4.69, 9.17) is 10.00 Å². The Kier molecular flexibility index (Phi) is 5.05. The van der Waals surface area contributed by atoms with E-state index in [2.05, 4.69) is 5.32 Å². The van der Waals surface area contributed by atoms with Crippen molar-refractivity contribution < 1.29 is 9.53 Å². The summed E-state index contributed by atoms with van der Waals surface area (Å²) in [5, 5.41) is 13.3. The van der Waals surface area contributed by atoms with Crippen molar-refractivity contribution in [3.63, 3.8) is 0 Å². The van der Waals surface area contributed by atoms with Crippen LogP contribution < -0.4 is 5.32 Å². The molecule has 0 saturated heterocycles. The molecule has 18 heavy (non-hydrogen) atoms. The van der Waals surface area contributed by atoms with Crippen LogP contribution in [0.2, 0.25) is 0 Å². The van der Waals surface area contributed by atoms with Gasteiger partial charge in [-0.2, -0.15) is 5.26 Å². The van der Waals surface area contributed by atoms with Gasteiger partial charge >= 0.3 is 6.09 Å². The Bertz CT molecular complexity index is 461. The number of thiocyanates is 1. The molecule has 96 valence electrons. The van der Waals surface area contributed by atoms with Crippen LogP contribution >= 0.6 is 11.8 Å². The molecule has 0 unspecified atom stereocenters. The summed E-state index contributed by atoms with van der Waals surface area (Å²) in [7, 11) is 0. The Labute approximate surface area is 111 Å². The summed E-state index contributed by atoms with van der Waals surface area (Å²) in [5.41, 5.74) is 0.434. The molecule has 0 bridgehead atoms. The van der Waals surface area contributed by atoms with Crippen molar-refractivity contribution in [3.05, 3.63) is 29.8 Å². The molecule has 0 aliphatic carbocycles. The highest BCUT2D eigenvalue weighted by Gasteiger charge is 2.15. The van der Waals surface area contributed by atoms with Gasteiger partial charge in [0.2, 0.25) is 0 Å². The van der Waals surface area contributed by atoms with Crippen molar-refractivity contribution in [3.8, 4) is 5.40 Å². The summed E-state index contributed by atoms with van der Waals surface area (Å²) in [6.07, 6.45) is -0.444. The molecule has 0 heterocycles. The number of nitrogens with zero attached hydrogens (tertiary/aromatic N) is 1. The predicted molar refractivity (Wildman–Crippen MR) is 71.0 cm³/mol. The number of thioether (sulfide) groups is 1. The molecule has 4 nitrogen and oxygen atoms in total. The number of carbonyl (C=O) groups is 1. The van der Waals surface area contributed by atoms with E-state index in [0.29, 0.717) is 6.54 Å². The largest absolute Gasteiger partial charge is 0.444 e. The fourth-order valence-corrected chi connectivity index (χ4v) is 1.72. The number of nitriles is 1. The lowest BCUT2D eigenvalue weighted by molar-refractivity contribution is 0.0523. The highest BCUT2D eigenvalue weighted by atomic mass is 32.2. The van der Waals surface area contributed by atoms with Crippen molar-refractivity contribution in [2.24, 2.45) is 0 Å². The van der Waals surface area contributed by atoms with E-state index in [-0.39, 0.29) is 0 Å². The minimum absolute atomic E-state index is 0.384. The minimum Gasteiger partial charge on any atom is -0.444 e. The molecular formula is C13H16N2O2S. The fourth-order valence-electron chi connectivity index (χ4n) is 1.26. The van der Waals surface area contributed by atoms with E-state index < -0.39 is 11.7 Å². The lowest BCUT2D eigenvalue weighted by atomic mass is 10.2. The van der Waals surface area contributed by atoms with Crippen LogP contribution in [0.3, 0.4) is 0 Å². The quantitative estimate of drug-likeness (QED) is 0.672. The first-order chi connectivity index (χ1) is 8.40. The van der Waals surface area contributed by atoms with Gasteiger partial charge in [0.15, 0.2) is 0 Å². The number of alkyl carbamates (subject to hydrolysis) is 1. The molecule has 0 radical (unpaired) electrons. The molecule has 5 heteroatoms. The van der Waals surface area contributed by atoms with Crippen molar-refractivity contribution in [1.29, 1.82) is 5.26 Å². The van der Waals surface area contributed by atoms with Crippen LogP contribution in [0.5, 0.6) is 0 Å². The number of hydrogen-bond donors (Lipinski definition) is 1. The highest BCUT2D eigenvalue weighted by Crippen LogP contribution is 2.17. The van der Waals surface area contributed by atoms with E-state index in [1.165, 1.54) is 0 Å². The second-order valence-electron chi connectivity index (χ2n) is 4.70. The second-order valence-corrected chi connectivity index (χ2v) is 5.55. The summed E-state index contributed by atoms with van der Waals surface area (Å²) < 4.78 is 5.13. The zero-order valence-corrected chi connectivity index (χ0v) is 11.5. The van der Waals surface area contributed by atoms with E-state index >= 15 is 0 Å². The average molecular weight is 264 g/mol. The molecule has 1 aromatic carbocycles. The standard InChI is InChI=1S/C13H16N2O2S/c1-13(2,3)17-12(16)15-8-10-5-4-6-11(7-10)18-9-14/h4-7H,8H2,1-3H3,(H,15,16). The summed E-state index contributed by atoms with van der Waals surface area (Å²) in [4.78, 5) is 12.3. The van der Waals surface area contributed by atoms with Gasteiger partial charge in [0.05, 0.1) is 0 Å². The van der Waals surface area contributed by atoms with E-state index in [1.54, 1.807) is 0 Å². The number of benzene rings is 1. The molecule has 1 N–H and O–H groups in total. The maximum Gasteiger partial charge on any atom is 0.407 e. The molecule has 1 rings (SSSR count). The number of hydrogen-bond acceptors (Lipinski definition) is 4. The first kappa shape index (κ1) is 14.4. The first-order valence-corrected chi connectivity index (χ1v) is 6.34. The molecule has 0 spiro atoms. The van der Waals surface area contributed by atoms with Gasteiger partial charge in [-0.3, -0.25) is 0 Å². The van der Waals surface area contributed by atoms with Crippen molar-refractivity contribution in [2.45, 2.75) is 37.8 Å². The zero-order valence-electron chi connectivity index (χ0n) is 10.7. The normalized spacial score (nSPS) is 10.6. The van der Waals surface area contributed by atoms with Gasteiger partial charge in [0, 0.05) is 11.4 Å². The third-order valence-corrected chi connectivity index (χ3v) is 2.48. The predicted octanol–water partition coefficient (Wildman–Crippen LogP) is 3.28. The Morgan fingerprint density at radius 3 is 2.83 bits per heavy atom. The summed E-state index contributed by atoms with van der Waals surface area (Å²) in [6.45, 7) is 5.83. The van der Waals surface area contributed by atoms with E-state index in [0.717, 1.165) is 22.2 Å².